The van der Waals surface area contributed by atoms with Gasteiger partial charge in [0, 0.05) is 10.0 Å². The molecule has 1 aliphatic heterocycles. The Morgan fingerprint density at radius 3 is 2.93 bits per heavy atom. The second kappa shape index (κ2) is 3.51. The summed E-state index contributed by atoms with van der Waals surface area (Å²) in [6, 6.07) is 3.03. The van der Waals surface area contributed by atoms with E-state index >= 15 is 0 Å². The van der Waals surface area contributed by atoms with Crippen LogP contribution in [0.5, 0.6) is 5.75 Å². The standard InChI is InChI=1S/C10H10BrFO2/c1-2-8-9(13)6-3-5(11)4-7(12)10(6)14-8/h3-4,8-9,13H,2H2,1H3. The Morgan fingerprint density at radius 1 is 1.57 bits per heavy atom. The van der Waals surface area contributed by atoms with Crippen molar-refractivity contribution in [2.24, 2.45) is 0 Å². The number of benzene rings is 1. The fraction of sp³-hybridized carbons (Fsp3) is 0.400. The number of ether oxygens (including phenoxy) is 1. The summed E-state index contributed by atoms with van der Waals surface area (Å²) in [5.74, 6) is -0.239. The lowest BCUT2D eigenvalue weighted by atomic mass is 10.1. The SMILES string of the molecule is CCC1Oc2c(F)cc(Br)cc2C1O. The minimum absolute atomic E-state index is 0.188. The van der Waals surface area contributed by atoms with Crippen LogP contribution >= 0.6 is 15.9 Å². The summed E-state index contributed by atoms with van der Waals surface area (Å²) in [5, 5.41) is 9.78. The number of halogens is 2. The van der Waals surface area contributed by atoms with Crippen LogP contribution in [0.3, 0.4) is 0 Å². The van der Waals surface area contributed by atoms with E-state index in [1.807, 2.05) is 6.92 Å². The highest BCUT2D eigenvalue weighted by molar-refractivity contribution is 9.10. The second-order valence-corrected chi connectivity index (χ2v) is 4.23. The van der Waals surface area contributed by atoms with Gasteiger partial charge in [-0.05, 0) is 18.6 Å². The maximum absolute atomic E-state index is 13.4. The van der Waals surface area contributed by atoms with Gasteiger partial charge in [-0.3, -0.25) is 0 Å². The molecule has 0 spiro atoms. The Labute approximate surface area is 89.8 Å². The first-order valence-electron chi connectivity index (χ1n) is 4.47. The van der Waals surface area contributed by atoms with Gasteiger partial charge in [-0.1, -0.05) is 22.9 Å². The van der Waals surface area contributed by atoms with Crippen LogP contribution < -0.4 is 4.74 Å². The summed E-state index contributed by atoms with van der Waals surface area (Å²) in [6.45, 7) is 1.90. The van der Waals surface area contributed by atoms with Gasteiger partial charge in [-0.2, -0.15) is 0 Å². The molecule has 0 aliphatic carbocycles. The normalized spacial score (nSPS) is 24.6. The number of fused-ring (bicyclic) bond motifs is 1. The maximum Gasteiger partial charge on any atom is 0.166 e. The summed E-state index contributed by atoms with van der Waals surface area (Å²) in [5.41, 5.74) is 0.531. The largest absolute Gasteiger partial charge is 0.484 e. The van der Waals surface area contributed by atoms with Gasteiger partial charge in [0.25, 0.3) is 0 Å². The molecule has 14 heavy (non-hydrogen) atoms. The summed E-state index contributed by atoms with van der Waals surface area (Å²) in [7, 11) is 0. The fourth-order valence-electron chi connectivity index (χ4n) is 1.65. The molecule has 1 heterocycles. The number of hydrogen-bond acceptors (Lipinski definition) is 2. The molecule has 0 radical (unpaired) electrons. The van der Waals surface area contributed by atoms with Crippen LogP contribution in [-0.2, 0) is 0 Å². The van der Waals surface area contributed by atoms with Crippen LogP contribution in [0.4, 0.5) is 4.39 Å². The monoisotopic (exact) mass is 260 g/mol. The number of hydrogen-bond donors (Lipinski definition) is 1. The minimum Gasteiger partial charge on any atom is -0.484 e. The molecular weight excluding hydrogens is 251 g/mol. The molecule has 2 unspecified atom stereocenters. The first-order chi connectivity index (χ1) is 6.63. The topological polar surface area (TPSA) is 29.5 Å². The van der Waals surface area contributed by atoms with Crippen molar-refractivity contribution in [3.63, 3.8) is 0 Å². The van der Waals surface area contributed by atoms with E-state index in [0.717, 1.165) is 0 Å². The number of rotatable bonds is 1. The van der Waals surface area contributed by atoms with Crippen molar-refractivity contribution in [3.8, 4) is 5.75 Å². The lowest BCUT2D eigenvalue weighted by Gasteiger charge is -2.10. The van der Waals surface area contributed by atoms with E-state index in [9.17, 15) is 9.50 Å². The highest BCUT2D eigenvalue weighted by atomic mass is 79.9. The number of aliphatic hydroxyl groups excluding tert-OH is 1. The Kier molecular flexibility index (Phi) is 2.49. The fourth-order valence-corrected chi connectivity index (χ4v) is 2.09. The molecule has 0 saturated carbocycles. The molecule has 2 rings (SSSR count). The summed E-state index contributed by atoms with van der Waals surface area (Å²) in [6.07, 6.45) is -0.386. The van der Waals surface area contributed by atoms with Gasteiger partial charge < -0.3 is 9.84 Å². The predicted molar refractivity (Wildman–Crippen MR) is 53.8 cm³/mol. The predicted octanol–water partition coefficient (Wildman–Crippen LogP) is 2.79. The molecule has 2 nitrogen and oxygen atoms in total. The van der Waals surface area contributed by atoms with Crippen molar-refractivity contribution in [2.75, 3.05) is 0 Å². The van der Waals surface area contributed by atoms with Crippen LogP contribution in [0.1, 0.15) is 25.0 Å². The first-order valence-corrected chi connectivity index (χ1v) is 5.26. The van der Waals surface area contributed by atoms with E-state index in [0.29, 0.717) is 16.5 Å². The smallest absolute Gasteiger partial charge is 0.166 e. The highest BCUT2D eigenvalue weighted by Crippen LogP contribution is 2.41. The third-order valence-corrected chi connectivity index (χ3v) is 2.84. The molecule has 0 bridgehead atoms. The van der Waals surface area contributed by atoms with Crippen LogP contribution in [0, 0.1) is 5.82 Å². The maximum atomic E-state index is 13.4. The van der Waals surface area contributed by atoms with Crippen LogP contribution in [-0.4, -0.2) is 11.2 Å². The zero-order chi connectivity index (χ0) is 10.3. The van der Waals surface area contributed by atoms with E-state index < -0.39 is 11.9 Å². The number of aliphatic hydroxyl groups is 1. The van der Waals surface area contributed by atoms with Crippen LogP contribution in [0.2, 0.25) is 0 Å². The average molecular weight is 261 g/mol. The summed E-state index contributed by atoms with van der Waals surface area (Å²) >= 11 is 3.18. The molecule has 0 fully saturated rings. The van der Waals surface area contributed by atoms with Crippen molar-refractivity contribution in [2.45, 2.75) is 25.6 Å². The molecular formula is C10H10BrFO2. The highest BCUT2D eigenvalue weighted by Gasteiger charge is 2.33. The van der Waals surface area contributed by atoms with Gasteiger partial charge in [0.05, 0.1) is 0 Å². The zero-order valence-corrected chi connectivity index (χ0v) is 9.21. The molecule has 1 aromatic carbocycles. The Morgan fingerprint density at radius 2 is 2.29 bits per heavy atom. The second-order valence-electron chi connectivity index (χ2n) is 3.32. The third-order valence-electron chi connectivity index (χ3n) is 2.38. The van der Waals surface area contributed by atoms with Gasteiger partial charge in [-0.25, -0.2) is 4.39 Å². The average Bonchev–Trinajstić information content (AvgIpc) is 2.44. The quantitative estimate of drug-likeness (QED) is 0.842. The van der Waals surface area contributed by atoms with Gasteiger partial charge in [0.2, 0.25) is 0 Å². The molecule has 0 aromatic heterocycles. The van der Waals surface area contributed by atoms with E-state index in [1.54, 1.807) is 6.07 Å². The molecule has 0 saturated heterocycles. The molecule has 1 aromatic rings. The zero-order valence-electron chi connectivity index (χ0n) is 7.63. The van der Waals surface area contributed by atoms with Gasteiger partial charge >= 0.3 is 0 Å². The van der Waals surface area contributed by atoms with Gasteiger partial charge in [0.1, 0.15) is 12.2 Å². The Hall–Kier alpha value is -0.610. The van der Waals surface area contributed by atoms with Crippen molar-refractivity contribution >= 4 is 15.9 Å². The van der Waals surface area contributed by atoms with Gasteiger partial charge in [0.15, 0.2) is 11.6 Å². The molecule has 76 valence electrons. The van der Waals surface area contributed by atoms with Crippen molar-refractivity contribution < 1.29 is 14.2 Å². The summed E-state index contributed by atoms with van der Waals surface area (Å²) in [4.78, 5) is 0. The Bertz CT molecular complexity index is 367. The molecule has 1 N–H and O–H groups in total. The molecule has 1 aliphatic rings. The van der Waals surface area contributed by atoms with E-state index in [1.165, 1.54) is 6.07 Å². The molecule has 4 heteroatoms. The van der Waals surface area contributed by atoms with Crippen LogP contribution in [0.25, 0.3) is 0 Å². The van der Waals surface area contributed by atoms with Crippen molar-refractivity contribution in [1.29, 1.82) is 0 Å². The van der Waals surface area contributed by atoms with E-state index in [4.69, 9.17) is 4.74 Å². The first kappa shape index (κ1) is 9.93. The molecule has 0 amide bonds. The lowest BCUT2D eigenvalue weighted by molar-refractivity contribution is 0.0640. The Balaban J connectivity index is 2.48. The third kappa shape index (κ3) is 1.42. The lowest BCUT2D eigenvalue weighted by Crippen LogP contribution is -2.16. The molecule has 2 atom stereocenters. The minimum atomic E-state index is -0.720. The van der Waals surface area contributed by atoms with E-state index in [-0.39, 0.29) is 11.9 Å². The van der Waals surface area contributed by atoms with E-state index in [2.05, 4.69) is 15.9 Å². The van der Waals surface area contributed by atoms with Crippen molar-refractivity contribution in [3.05, 3.63) is 28.0 Å². The summed E-state index contributed by atoms with van der Waals surface area (Å²) < 4.78 is 19.3. The van der Waals surface area contributed by atoms with Crippen molar-refractivity contribution in [1.82, 2.24) is 0 Å². The van der Waals surface area contributed by atoms with Crippen LogP contribution in [0.15, 0.2) is 16.6 Å². The van der Waals surface area contributed by atoms with Gasteiger partial charge in [-0.15, -0.1) is 0 Å².